The molecule has 2 rings (SSSR count). The summed E-state index contributed by atoms with van der Waals surface area (Å²) in [6.07, 6.45) is 3.00. The molecule has 0 N–H and O–H groups in total. The van der Waals surface area contributed by atoms with E-state index in [0.717, 1.165) is 5.56 Å². The van der Waals surface area contributed by atoms with E-state index in [1.165, 1.54) is 12.2 Å². The summed E-state index contributed by atoms with van der Waals surface area (Å²) in [4.78, 5) is 24.3. The van der Waals surface area contributed by atoms with Crippen LogP contribution in [0.15, 0.2) is 73.8 Å². The summed E-state index contributed by atoms with van der Waals surface area (Å²) in [5, 5.41) is 0. The molecule has 0 radical (unpaired) electrons. The molecular formula is C20H18O4. The Kier molecular flexibility index (Phi) is 6.08. The summed E-state index contributed by atoms with van der Waals surface area (Å²) in [7, 11) is 0. The minimum Gasteiger partial charge on any atom is -0.458 e. The van der Waals surface area contributed by atoms with Crippen LogP contribution >= 0.6 is 0 Å². The van der Waals surface area contributed by atoms with Gasteiger partial charge in [0.2, 0.25) is 0 Å². The van der Waals surface area contributed by atoms with Gasteiger partial charge in [-0.2, -0.15) is 0 Å². The fraction of sp³-hybridized carbons (Fsp3) is 0.100. The Morgan fingerprint density at radius 3 is 2.12 bits per heavy atom. The smallest absolute Gasteiger partial charge is 0.339 e. The number of carbonyl (C=O) groups excluding carboxylic acids is 2. The highest BCUT2D eigenvalue weighted by Crippen LogP contribution is 2.26. The van der Waals surface area contributed by atoms with Crippen molar-refractivity contribution in [3.8, 4) is 11.1 Å². The molecule has 2 aromatic carbocycles. The third-order valence-corrected chi connectivity index (χ3v) is 3.22. The van der Waals surface area contributed by atoms with Gasteiger partial charge in [-0.05, 0) is 29.3 Å². The van der Waals surface area contributed by atoms with E-state index in [9.17, 15) is 9.59 Å². The molecule has 0 heterocycles. The second-order valence-corrected chi connectivity index (χ2v) is 4.90. The van der Waals surface area contributed by atoms with Crippen LogP contribution in [0.2, 0.25) is 0 Å². The zero-order valence-corrected chi connectivity index (χ0v) is 13.2. The van der Waals surface area contributed by atoms with Crippen molar-refractivity contribution in [1.82, 2.24) is 0 Å². The normalized spacial score (nSPS) is 9.83. The van der Waals surface area contributed by atoms with Gasteiger partial charge in [0.15, 0.2) is 0 Å². The molecule has 4 heteroatoms. The molecule has 0 aliphatic rings. The summed E-state index contributed by atoms with van der Waals surface area (Å²) in [6.45, 7) is 7.29. The molecule has 0 unspecified atom stereocenters. The third-order valence-electron chi connectivity index (χ3n) is 3.22. The third kappa shape index (κ3) is 4.20. The van der Waals surface area contributed by atoms with E-state index >= 15 is 0 Å². The lowest BCUT2D eigenvalue weighted by Gasteiger charge is -2.11. The first-order valence-electron chi connectivity index (χ1n) is 7.43. The van der Waals surface area contributed by atoms with Crippen LogP contribution in [-0.2, 0) is 9.47 Å². The second-order valence-electron chi connectivity index (χ2n) is 4.90. The Bertz CT molecular complexity index is 747. The van der Waals surface area contributed by atoms with Crippen LogP contribution in [0.5, 0.6) is 0 Å². The monoisotopic (exact) mass is 322 g/mol. The van der Waals surface area contributed by atoms with Gasteiger partial charge in [0.25, 0.3) is 0 Å². The molecule has 24 heavy (non-hydrogen) atoms. The molecule has 0 saturated heterocycles. The van der Waals surface area contributed by atoms with E-state index in [0.29, 0.717) is 16.7 Å². The molecule has 0 aliphatic carbocycles. The number of hydrogen-bond acceptors (Lipinski definition) is 4. The molecule has 122 valence electrons. The van der Waals surface area contributed by atoms with Gasteiger partial charge in [-0.15, -0.1) is 0 Å². The van der Waals surface area contributed by atoms with Crippen LogP contribution in [0.1, 0.15) is 20.7 Å². The van der Waals surface area contributed by atoms with Crippen molar-refractivity contribution in [2.45, 2.75) is 0 Å². The van der Waals surface area contributed by atoms with Crippen molar-refractivity contribution < 1.29 is 19.1 Å². The second kappa shape index (κ2) is 8.48. The maximum absolute atomic E-state index is 12.3. The molecule has 0 spiro atoms. The van der Waals surface area contributed by atoms with Crippen LogP contribution in [0.25, 0.3) is 11.1 Å². The number of benzene rings is 2. The standard InChI is InChI=1S/C20H18O4/c1-3-12-23-19(21)16-10-11-17(20(22)24-13-4-2)18(14-16)15-8-6-5-7-9-15/h3-11,14H,1-2,12-13H2. The Hall–Kier alpha value is -3.14. The fourth-order valence-electron chi connectivity index (χ4n) is 2.14. The number of rotatable bonds is 7. The van der Waals surface area contributed by atoms with Gasteiger partial charge < -0.3 is 9.47 Å². The maximum atomic E-state index is 12.3. The summed E-state index contributed by atoms with van der Waals surface area (Å²) in [5.74, 6) is -0.946. The summed E-state index contributed by atoms with van der Waals surface area (Å²) in [5.41, 5.74) is 2.15. The van der Waals surface area contributed by atoms with Crippen LogP contribution in [0, 0.1) is 0 Å². The van der Waals surface area contributed by atoms with Gasteiger partial charge in [0.1, 0.15) is 13.2 Å². The van der Waals surface area contributed by atoms with Crippen molar-refractivity contribution in [1.29, 1.82) is 0 Å². The lowest BCUT2D eigenvalue weighted by molar-refractivity contribution is 0.0536. The first-order chi connectivity index (χ1) is 11.7. The fourth-order valence-corrected chi connectivity index (χ4v) is 2.14. The Labute approximate surface area is 141 Å². The van der Waals surface area contributed by atoms with Gasteiger partial charge >= 0.3 is 11.9 Å². The summed E-state index contributed by atoms with van der Waals surface area (Å²) in [6, 6.07) is 14.1. The van der Waals surface area contributed by atoms with Crippen LogP contribution < -0.4 is 0 Å². The van der Waals surface area contributed by atoms with E-state index in [-0.39, 0.29) is 13.2 Å². The largest absolute Gasteiger partial charge is 0.458 e. The van der Waals surface area contributed by atoms with Gasteiger partial charge in [0, 0.05) is 0 Å². The Balaban J connectivity index is 2.44. The van der Waals surface area contributed by atoms with Crippen molar-refractivity contribution in [3.63, 3.8) is 0 Å². The predicted octanol–water partition coefficient (Wildman–Crippen LogP) is 4.04. The molecule has 0 saturated carbocycles. The highest BCUT2D eigenvalue weighted by molar-refractivity contribution is 6.00. The highest BCUT2D eigenvalue weighted by Gasteiger charge is 2.17. The summed E-state index contributed by atoms with van der Waals surface area (Å²) < 4.78 is 10.2. The number of hydrogen-bond donors (Lipinski definition) is 0. The van der Waals surface area contributed by atoms with Crippen LogP contribution in [0.4, 0.5) is 0 Å². The molecule has 0 atom stereocenters. The predicted molar refractivity (Wildman–Crippen MR) is 92.8 cm³/mol. The van der Waals surface area contributed by atoms with Crippen molar-refractivity contribution in [2.75, 3.05) is 13.2 Å². The lowest BCUT2D eigenvalue weighted by Crippen LogP contribution is -2.10. The van der Waals surface area contributed by atoms with E-state index in [2.05, 4.69) is 13.2 Å². The van der Waals surface area contributed by atoms with E-state index < -0.39 is 11.9 Å². The quantitative estimate of drug-likeness (QED) is 0.570. The molecule has 0 amide bonds. The molecular weight excluding hydrogens is 304 g/mol. The lowest BCUT2D eigenvalue weighted by atomic mass is 9.97. The minimum atomic E-state index is -0.474. The average Bonchev–Trinajstić information content (AvgIpc) is 2.64. The first-order valence-corrected chi connectivity index (χ1v) is 7.43. The SMILES string of the molecule is C=CCOC(=O)c1ccc(C(=O)OCC=C)c(-c2ccccc2)c1. The number of ether oxygens (including phenoxy) is 2. The topological polar surface area (TPSA) is 52.6 Å². The van der Waals surface area contributed by atoms with Gasteiger partial charge in [-0.25, -0.2) is 9.59 Å². The Morgan fingerprint density at radius 2 is 1.50 bits per heavy atom. The van der Waals surface area contributed by atoms with Crippen molar-refractivity contribution in [3.05, 3.63) is 85.0 Å². The molecule has 2 aromatic rings. The van der Waals surface area contributed by atoms with E-state index in [1.54, 1.807) is 18.2 Å². The molecule has 0 aromatic heterocycles. The highest BCUT2D eigenvalue weighted by atomic mass is 16.5. The van der Waals surface area contributed by atoms with Gasteiger partial charge in [0.05, 0.1) is 11.1 Å². The molecule has 0 bridgehead atoms. The maximum Gasteiger partial charge on any atom is 0.339 e. The number of esters is 2. The van der Waals surface area contributed by atoms with E-state index in [4.69, 9.17) is 9.47 Å². The van der Waals surface area contributed by atoms with Crippen LogP contribution in [0.3, 0.4) is 0 Å². The van der Waals surface area contributed by atoms with Crippen LogP contribution in [-0.4, -0.2) is 25.2 Å². The zero-order valence-electron chi connectivity index (χ0n) is 13.2. The van der Waals surface area contributed by atoms with Crippen molar-refractivity contribution in [2.24, 2.45) is 0 Å². The molecule has 4 nitrogen and oxygen atoms in total. The van der Waals surface area contributed by atoms with Gasteiger partial charge in [-0.1, -0.05) is 55.6 Å². The minimum absolute atomic E-state index is 0.121. The van der Waals surface area contributed by atoms with Crippen molar-refractivity contribution >= 4 is 11.9 Å². The zero-order chi connectivity index (χ0) is 17.4. The summed E-state index contributed by atoms with van der Waals surface area (Å²) >= 11 is 0. The number of carbonyl (C=O) groups is 2. The Morgan fingerprint density at radius 1 is 0.875 bits per heavy atom. The van der Waals surface area contributed by atoms with Gasteiger partial charge in [-0.3, -0.25) is 0 Å². The molecule has 0 aliphatic heterocycles. The average molecular weight is 322 g/mol. The van der Waals surface area contributed by atoms with E-state index in [1.807, 2.05) is 30.3 Å². The molecule has 0 fully saturated rings. The first kappa shape index (κ1) is 17.2.